The van der Waals surface area contributed by atoms with Crippen LogP contribution in [0, 0.1) is 6.92 Å². The molecular formula is C16H17ClN6O2. The molecule has 4 heterocycles. The summed E-state index contributed by atoms with van der Waals surface area (Å²) in [5, 5.41) is 8.49. The predicted octanol–water partition coefficient (Wildman–Crippen LogP) is 1.93. The summed E-state index contributed by atoms with van der Waals surface area (Å²) < 4.78 is 12.8. The lowest BCUT2D eigenvalue weighted by atomic mass is 10.3. The molecule has 0 aromatic carbocycles. The highest BCUT2D eigenvalue weighted by Gasteiger charge is 2.16. The van der Waals surface area contributed by atoms with Gasteiger partial charge in [0.1, 0.15) is 5.82 Å². The second-order valence-electron chi connectivity index (χ2n) is 5.90. The van der Waals surface area contributed by atoms with Gasteiger partial charge in [-0.15, -0.1) is 5.10 Å². The first-order chi connectivity index (χ1) is 12.2. The molecule has 9 heteroatoms. The molecule has 1 atom stereocenters. The molecule has 1 fully saturated rings. The van der Waals surface area contributed by atoms with Crippen LogP contribution in [0.4, 0.5) is 0 Å². The van der Waals surface area contributed by atoms with Gasteiger partial charge in [0.25, 0.3) is 0 Å². The fourth-order valence-electron chi connectivity index (χ4n) is 2.73. The van der Waals surface area contributed by atoms with Crippen LogP contribution in [0.25, 0.3) is 11.2 Å². The molecule has 0 spiro atoms. The minimum Gasteiger partial charge on any atom is -0.379 e. The van der Waals surface area contributed by atoms with Crippen molar-refractivity contribution >= 4 is 22.8 Å². The molecule has 1 aliphatic heterocycles. The third kappa shape index (κ3) is 3.60. The number of hydrogen-bond donors (Lipinski definition) is 0. The maximum Gasteiger partial charge on any atom is 0.183 e. The van der Waals surface area contributed by atoms with E-state index in [0.717, 1.165) is 24.4 Å². The molecule has 0 radical (unpaired) electrons. The first-order valence-electron chi connectivity index (χ1n) is 8.06. The molecule has 0 unspecified atom stereocenters. The van der Waals surface area contributed by atoms with Crippen molar-refractivity contribution in [3.8, 4) is 0 Å². The molecule has 130 valence electrons. The van der Waals surface area contributed by atoms with E-state index < -0.39 is 0 Å². The number of fused-ring (bicyclic) bond motifs is 1. The van der Waals surface area contributed by atoms with Crippen LogP contribution in [-0.4, -0.2) is 49.3 Å². The molecule has 0 amide bonds. The van der Waals surface area contributed by atoms with Crippen LogP contribution in [-0.2, 0) is 22.6 Å². The van der Waals surface area contributed by atoms with Crippen LogP contribution in [0.2, 0.25) is 5.15 Å². The van der Waals surface area contributed by atoms with Crippen molar-refractivity contribution in [1.82, 2.24) is 29.9 Å². The van der Waals surface area contributed by atoms with E-state index >= 15 is 0 Å². The Morgan fingerprint density at radius 3 is 3.00 bits per heavy atom. The highest BCUT2D eigenvalue weighted by atomic mass is 35.5. The van der Waals surface area contributed by atoms with E-state index in [-0.39, 0.29) is 6.10 Å². The maximum atomic E-state index is 6.10. The van der Waals surface area contributed by atoms with E-state index in [2.05, 4.69) is 25.3 Å². The van der Waals surface area contributed by atoms with Crippen molar-refractivity contribution in [2.75, 3.05) is 13.2 Å². The molecular weight excluding hydrogens is 344 g/mol. The summed E-state index contributed by atoms with van der Waals surface area (Å²) in [6.07, 6.45) is 1.09. The van der Waals surface area contributed by atoms with E-state index in [0.29, 0.717) is 41.9 Å². The van der Waals surface area contributed by atoms with Crippen LogP contribution in [0.5, 0.6) is 0 Å². The molecule has 0 bridgehead atoms. The molecule has 3 aromatic rings. The number of ether oxygens (including phenoxy) is 2. The van der Waals surface area contributed by atoms with Gasteiger partial charge in [-0.2, -0.15) is 0 Å². The minimum atomic E-state index is 0.159. The van der Waals surface area contributed by atoms with Gasteiger partial charge in [-0.25, -0.2) is 14.6 Å². The minimum absolute atomic E-state index is 0.159. The van der Waals surface area contributed by atoms with E-state index in [1.54, 1.807) is 11.6 Å². The normalized spacial score (nSPS) is 17.4. The Kier molecular flexibility index (Phi) is 4.56. The third-order valence-electron chi connectivity index (χ3n) is 3.96. The summed E-state index contributed by atoms with van der Waals surface area (Å²) >= 11 is 6.10. The molecule has 0 N–H and O–H groups in total. The first kappa shape index (κ1) is 16.3. The first-order valence-corrected chi connectivity index (χ1v) is 8.44. The van der Waals surface area contributed by atoms with E-state index in [1.807, 2.05) is 18.2 Å². The zero-order valence-electron chi connectivity index (χ0n) is 13.7. The largest absolute Gasteiger partial charge is 0.379 e. The topological polar surface area (TPSA) is 87.8 Å². The Bertz CT molecular complexity index is 893. The maximum absolute atomic E-state index is 6.10. The van der Waals surface area contributed by atoms with Crippen LogP contribution >= 0.6 is 11.6 Å². The summed E-state index contributed by atoms with van der Waals surface area (Å²) in [6.45, 7) is 4.12. The molecule has 4 rings (SSSR count). The Balaban J connectivity index is 1.52. The number of pyridine rings is 1. The fraction of sp³-hybridized carbons (Fsp3) is 0.438. The molecule has 3 aromatic heterocycles. The van der Waals surface area contributed by atoms with Gasteiger partial charge in [-0.05, 0) is 25.5 Å². The average molecular weight is 361 g/mol. The Morgan fingerprint density at radius 1 is 1.28 bits per heavy atom. The number of halogens is 1. The van der Waals surface area contributed by atoms with Gasteiger partial charge >= 0.3 is 0 Å². The summed E-state index contributed by atoms with van der Waals surface area (Å²) in [4.78, 5) is 13.1. The van der Waals surface area contributed by atoms with Gasteiger partial charge < -0.3 is 9.47 Å². The smallest absolute Gasteiger partial charge is 0.183 e. The SMILES string of the molecule is Cc1nc(Cl)c2nnn(Cc3cccc(CO[C@@H]4CCOC4)n3)c2n1. The van der Waals surface area contributed by atoms with Gasteiger partial charge in [0, 0.05) is 6.61 Å². The highest BCUT2D eigenvalue weighted by molar-refractivity contribution is 6.33. The Labute approximate surface area is 149 Å². The zero-order valence-corrected chi connectivity index (χ0v) is 14.5. The van der Waals surface area contributed by atoms with Crippen LogP contribution in [0.3, 0.4) is 0 Å². The standard InChI is InChI=1S/C16H17ClN6O2/c1-10-18-15(17)14-16(19-10)23(22-21-14)7-11-3-2-4-12(20-11)8-25-13-5-6-24-9-13/h2-4,13H,5-9H2,1H3/t13-/m1/s1. The fourth-order valence-corrected chi connectivity index (χ4v) is 2.98. The van der Waals surface area contributed by atoms with Crippen molar-refractivity contribution in [3.63, 3.8) is 0 Å². The van der Waals surface area contributed by atoms with Crippen molar-refractivity contribution < 1.29 is 9.47 Å². The van der Waals surface area contributed by atoms with Gasteiger partial charge in [-0.1, -0.05) is 22.9 Å². The van der Waals surface area contributed by atoms with Crippen molar-refractivity contribution in [1.29, 1.82) is 0 Å². The molecule has 1 aliphatic rings. The monoisotopic (exact) mass is 360 g/mol. The lowest BCUT2D eigenvalue weighted by Gasteiger charge is -2.10. The van der Waals surface area contributed by atoms with E-state index in [9.17, 15) is 0 Å². The van der Waals surface area contributed by atoms with Gasteiger partial charge in [0.05, 0.1) is 37.3 Å². The van der Waals surface area contributed by atoms with Crippen molar-refractivity contribution in [2.45, 2.75) is 32.6 Å². The number of aromatic nitrogens is 6. The zero-order chi connectivity index (χ0) is 17.2. The Hall–Kier alpha value is -2.16. The van der Waals surface area contributed by atoms with Crippen LogP contribution < -0.4 is 0 Å². The second kappa shape index (κ2) is 6.99. The summed E-state index contributed by atoms with van der Waals surface area (Å²) in [7, 11) is 0. The summed E-state index contributed by atoms with van der Waals surface area (Å²) in [5.74, 6) is 0.579. The number of rotatable bonds is 5. The van der Waals surface area contributed by atoms with Crippen LogP contribution in [0.15, 0.2) is 18.2 Å². The lowest BCUT2D eigenvalue weighted by molar-refractivity contribution is 0.0301. The van der Waals surface area contributed by atoms with Crippen molar-refractivity contribution in [3.05, 3.63) is 40.6 Å². The number of aryl methyl sites for hydroxylation is 1. The Morgan fingerprint density at radius 2 is 2.16 bits per heavy atom. The predicted molar refractivity (Wildman–Crippen MR) is 90.2 cm³/mol. The van der Waals surface area contributed by atoms with Crippen LogP contribution in [0.1, 0.15) is 23.6 Å². The molecule has 8 nitrogen and oxygen atoms in total. The van der Waals surface area contributed by atoms with Crippen molar-refractivity contribution in [2.24, 2.45) is 0 Å². The molecule has 25 heavy (non-hydrogen) atoms. The number of hydrogen-bond acceptors (Lipinski definition) is 7. The third-order valence-corrected chi connectivity index (χ3v) is 4.23. The lowest BCUT2D eigenvalue weighted by Crippen LogP contribution is -2.13. The highest BCUT2D eigenvalue weighted by Crippen LogP contribution is 2.18. The number of nitrogens with zero attached hydrogens (tertiary/aromatic N) is 6. The van der Waals surface area contributed by atoms with E-state index in [4.69, 9.17) is 21.1 Å². The van der Waals surface area contributed by atoms with E-state index in [1.165, 1.54) is 0 Å². The quantitative estimate of drug-likeness (QED) is 0.642. The second-order valence-corrected chi connectivity index (χ2v) is 6.26. The summed E-state index contributed by atoms with van der Waals surface area (Å²) in [5.41, 5.74) is 2.82. The van der Waals surface area contributed by atoms with Gasteiger partial charge in [0.15, 0.2) is 16.3 Å². The molecule has 0 saturated carbocycles. The van der Waals surface area contributed by atoms with Gasteiger partial charge in [-0.3, -0.25) is 4.98 Å². The average Bonchev–Trinajstić information content (AvgIpc) is 3.24. The molecule has 1 saturated heterocycles. The molecule has 0 aliphatic carbocycles. The summed E-state index contributed by atoms with van der Waals surface area (Å²) in [6, 6.07) is 5.84. The van der Waals surface area contributed by atoms with Gasteiger partial charge in [0.2, 0.25) is 0 Å².